The van der Waals surface area contributed by atoms with E-state index in [1.807, 2.05) is 30.3 Å². The van der Waals surface area contributed by atoms with Crippen LogP contribution in [-0.2, 0) is 0 Å². The molecule has 1 heterocycles. The molecule has 5 nitrogen and oxygen atoms in total. The van der Waals surface area contributed by atoms with Crippen molar-refractivity contribution < 1.29 is 5.11 Å². The zero-order chi connectivity index (χ0) is 18.8. The highest BCUT2D eigenvalue weighted by Crippen LogP contribution is 2.21. The second kappa shape index (κ2) is 7.05. The van der Waals surface area contributed by atoms with Crippen LogP contribution in [0.25, 0.3) is 22.3 Å². The molecule has 3 aromatic carbocycles. The Labute approximate surface area is 159 Å². The van der Waals surface area contributed by atoms with Crippen molar-refractivity contribution in [2.45, 2.75) is 0 Å². The molecule has 0 atom stereocenters. The van der Waals surface area contributed by atoms with Crippen LogP contribution in [0.15, 0.2) is 82.7 Å². The molecule has 0 aliphatic heterocycles. The predicted octanol–water partition coefficient (Wildman–Crippen LogP) is 4.30. The summed E-state index contributed by atoms with van der Waals surface area (Å²) in [5.41, 5.74) is 1.74. The van der Waals surface area contributed by atoms with E-state index in [2.05, 4.69) is 10.1 Å². The molecule has 27 heavy (non-hydrogen) atoms. The summed E-state index contributed by atoms with van der Waals surface area (Å²) in [5, 5.41) is 14.7. The van der Waals surface area contributed by atoms with E-state index in [-0.39, 0.29) is 11.3 Å². The van der Waals surface area contributed by atoms with Gasteiger partial charge in [0.25, 0.3) is 5.56 Å². The lowest BCUT2D eigenvalue weighted by Crippen LogP contribution is -2.20. The van der Waals surface area contributed by atoms with Crippen LogP contribution in [0.4, 0.5) is 0 Å². The third-order valence-corrected chi connectivity index (χ3v) is 4.29. The van der Waals surface area contributed by atoms with Crippen LogP contribution in [0.3, 0.4) is 0 Å². The molecule has 0 radical (unpaired) electrons. The Balaban J connectivity index is 1.94. The third kappa shape index (κ3) is 3.45. The van der Waals surface area contributed by atoms with Gasteiger partial charge in [-0.25, -0.2) is 4.98 Å². The normalized spacial score (nSPS) is 11.3. The summed E-state index contributed by atoms with van der Waals surface area (Å²) in [7, 11) is 0. The minimum Gasteiger partial charge on any atom is -0.508 e. The first kappa shape index (κ1) is 17.0. The molecule has 1 N–H and O–H groups in total. The van der Waals surface area contributed by atoms with Crippen LogP contribution in [-0.4, -0.2) is 21.0 Å². The largest absolute Gasteiger partial charge is 0.508 e. The summed E-state index contributed by atoms with van der Waals surface area (Å²) in [4.78, 5) is 17.7. The molecule has 0 bridgehead atoms. The summed E-state index contributed by atoms with van der Waals surface area (Å²) in [6.45, 7) is 0. The third-order valence-electron chi connectivity index (χ3n) is 4.06. The molecule has 0 amide bonds. The van der Waals surface area contributed by atoms with Crippen molar-refractivity contribution in [1.82, 2.24) is 9.66 Å². The van der Waals surface area contributed by atoms with E-state index in [9.17, 15) is 9.90 Å². The van der Waals surface area contributed by atoms with Crippen molar-refractivity contribution in [2.24, 2.45) is 5.10 Å². The lowest BCUT2D eigenvalue weighted by molar-refractivity contribution is 0.475. The molecular weight excluding hydrogens is 362 g/mol. The van der Waals surface area contributed by atoms with Gasteiger partial charge in [0.05, 0.1) is 17.1 Å². The SMILES string of the molecule is O=c1c2ccc(Cl)cc2nc(-c2ccccc2)n1/N=C/c1ccc(O)cc1. The number of hydrogen-bond donors (Lipinski definition) is 1. The van der Waals surface area contributed by atoms with E-state index in [4.69, 9.17) is 11.6 Å². The van der Waals surface area contributed by atoms with Crippen molar-refractivity contribution in [2.75, 3.05) is 0 Å². The minimum atomic E-state index is -0.287. The summed E-state index contributed by atoms with van der Waals surface area (Å²) in [5.74, 6) is 0.587. The molecule has 1 aromatic heterocycles. The molecule has 4 rings (SSSR count). The van der Waals surface area contributed by atoms with Crippen molar-refractivity contribution in [1.29, 1.82) is 0 Å². The lowest BCUT2D eigenvalue weighted by Gasteiger charge is -2.09. The van der Waals surface area contributed by atoms with Crippen LogP contribution in [0.1, 0.15) is 5.56 Å². The van der Waals surface area contributed by atoms with Gasteiger partial charge < -0.3 is 5.11 Å². The molecule has 0 fully saturated rings. The van der Waals surface area contributed by atoms with Gasteiger partial charge in [0, 0.05) is 10.6 Å². The number of fused-ring (bicyclic) bond motifs is 1. The van der Waals surface area contributed by atoms with Gasteiger partial charge >= 0.3 is 0 Å². The molecular formula is C21H14ClN3O2. The Bertz CT molecular complexity index is 1200. The number of aromatic hydroxyl groups is 1. The number of phenolic OH excluding ortho intramolecular Hbond substituents is 1. The highest BCUT2D eigenvalue weighted by molar-refractivity contribution is 6.31. The molecule has 132 valence electrons. The summed E-state index contributed by atoms with van der Waals surface area (Å²) in [6.07, 6.45) is 1.55. The quantitative estimate of drug-likeness (QED) is 0.543. The maximum Gasteiger partial charge on any atom is 0.282 e. The Morgan fingerprint density at radius 3 is 2.48 bits per heavy atom. The van der Waals surface area contributed by atoms with Crippen LogP contribution in [0.5, 0.6) is 5.75 Å². The van der Waals surface area contributed by atoms with E-state index in [0.29, 0.717) is 21.7 Å². The molecule has 0 saturated heterocycles. The number of rotatable bonds is 3. The fourth-order valence-electron chi connectivity index (χ4n) is 2.72. The van der Waals surface area contributed by atoms with E-state index in [0.717, 1.165) is 11.1 Å². The first-order chi connectivity index (χ1) is 13.1. The number of aromatic nitrogens is 2. The molecule has 0 spiro atoms. The Kier molecular flexibility index (Phi) is 4.44. The number of benzene rings is 3. The maximum absolute atomic E-state index is 13.0. The standard InChI is InChI=1S/C21H14ClN3O2/c22-16-8-11-18-19(12-16)24-20(15-4-2-1-3-5-15)25(21(18)27)23-13-14-6-9-17(26)10-7-14/h1-13,26H/b23-13+. The smallest absolute Gasteiger partial charge is 0.282 e. The zero-order valence-electron chi connectivity index (χ0n) is 14.1. The Morgan fingerprint density at radius 1 is 1.00 bits per heavy atom. The maximum atomic E-state index is 13.0. The van der Waals surface area contributed by atoms with Crippen LogP contribution < -0.4 is 5.56 Å². The fraction of sp³-hybridized carbons (Fsp3) is 0. The average Bonchev–Trinajstić information content (AvgIpc) is 2.69. The van der Waals surface area contributed by atoms with Gasteiger partial charge in [-0.05, 0) is 48.0 Å². The van der Waals surface area contributed by atoms with Crippen LogP contribution >= 0.6 is 11.6 Å². The number of halogens is 1. The summed E-state index contributed by atoms with van der Waals surface area (Å²) >= 11 is 6.06. The van der Waals surface area contributed by atoms with Crippen LogP contribution in [0, 0.1) is 0 Å². The van der Waals surface area contributed by atoms with E-state index in [1.165, 1.54) is 4.68 Å². The molecule has 0 aliphatic carbocycles. The minimum absolute atomic E-state index is 0.165. The van der Waals surface area contributed by atoms with E-state index >= 15 is 0 Å². The van der Waals surface area contributed by atoms with Gasteiger partial charge in [-0.1, -0.05) is 41.9 Å². The second-order valence-electron chi connectivity index (χ2n) is 5.92. The van der Waals surface area contributed by atoms with Gasteiger partial charge in [-0.2, -0.15) is 9.78 Å². The van der Waals surface area contributed by atoms with Crippen molar-refractivity contribution in [3.63, 3.8) is 0 Å². The summed E-state index contributed by atoms with van der Waals surface area (Å²) < 4.78 is 1.28. The number of nitrogens with zero attached hydrogens (tertiary/aromatic N) is 3. The molecule has 6 heteroatoms. The highest BCUT2D eigenvalue weighted by atomic mass is 35.5. The molecule has 0 saturated carbocycles. The average molecular weight is 376 g/mol. The van der Waals surface area contributed by atoms with Gasteiger partial charge in [0.2, 0.25) is 0 Å². The highest BCUT2D eigenvalue weighted by Gasteiger charge is 2.12. The zero-order valence-corrected chi connectivity index (χ0v) is 14.8. The molecule has 0 unspecified atom stereocenters. The van der Waals surface area contributed by atoms with Gasteiger partial charge in [0.15, 0.2) is 5.82 Å². The number of hydrogen-bond acceptors (Lipinski definition) is 4. The first-order valence-corrected chi connectivity index (χ1v) is 8.61. The fourth-order valence-corrected chi connectivity index (χ4v) is 2.88. The Hall–Kier alpha value is -3.44. The lowest BCUT2D eigenvalue weighted by atomic mass is 10.2. The number of phenols is 1. The monoisotopic (exact) mass is 375 g/mol. The van der Waals surface area contributed by atoms with E-state index in [1.54, 1.807) is 48.7 Å². The predicted molar refractivity (Wildman–Crippen MR) is 108 cm³/mol. The van der Waals surface area contributed by atoms with E-state index < -0.39 is 0 Å². The van der Waals surface area contributed by atoms with Gasteiger partial charge in [-0.15, -0.1) is 0 Å². The van der Waals surface area contributed by atoms with Crippen molar-refractivity contribution >= 4 is 28.7 Å². The first-order valence-electron chi connectivity index (χ1n) is 8.23. The van der Waals surface area contributed by atoms with Gasteiger partial charge in [0.1, 0.15) is 5.75 Å². The molecule has 0 aliphatic rings. The molecule has 4 aromatic rings. The second-order valence-corrected chi connectivity index (χ2v) is 6.35. The van der Waals surface area contributed by atoms with Crippen LogP contribution in [0.2, 0.25) is 5.02 Å². The van der Waals surface area contributed by atoms with Crippen molar-refractivity contribution in [3.05, 3.63) is 93.7 Å². The van der Waals surface area contributed by atoms with Gasteiger partial charge in [-0.3, -0.25) is 4.79 Å². The summed E-state index contributed by atoms with van der Waals surface area (Å²) in [6, 6.07) is 20.9. The van der Waals surface area contributed by atoms with Crippen molar-refractivity contribution in [3.8, 4) is 17.1 Å². The topological polar surface area (TPSA) is 67.5 Å². The Morgan fingerprint density at radius 2 is 1.74 bits per heavy atom.